The highest BCUT2D eigenvalue weighted by Crippen LogP contribution is 2.38. The summed E-state index contributed by atoms with van der Waals surface area (Å²) in [5, 5.41) is 17.3. The molecule has 3 aromatic carbocycles. The Morgan fingerprint density at radius 3 is 2.31 bits per heavy atom. The minimum Gasteiger partial charge on any atom is -0.353 e. The molecule has 302 valence electrons. The molecule has 8 rings (SSSR count). The molecule has 5 heterocycles. The lowest BCUT2D eigenvalue weighted by Gasteiger charge is -2.41. The van der Waals surface area contributed by atoms with Gasteiger partial charge in [-0.25, -0.2) is 30.8 Å². The van der Waals surface area contributed by atoms with Gasteiger partial charge in [0.2, 0.25) is 10.0 Å². The standard InChI is InChI=1S/C41H45N9O6S2/c1-26(2)34-22-38(45(6)44-34)46-19-18-33-32(25-46)41(47-20-21-48(29(5)24-47)58(55,56)37-13-8-7-11-35(37)50(51)52)43-40(42-33)31-10-9-12-36-39(31)28(4)23-49(36)57(53,54)30-16-14-27(3)15-17-30/h7-17,22-23,26,29H,18-21,24-25H2,1-6H3/t29-/m1/s1. The van der Waals surface area contributed by atoms with Crippen molar-refractivity contribution >= 4 is 48.3 Å². The molecule has 0 bridgehead atoms. The van der Waals surface area contributed by atoms with Gasteiger partial charge in [0.25, 0.3) is 15.7 Å². The first kappa shape index (κ1) is 39.2. The van der Waals surface area contributed by atoms with Crippen molar-refractivity contribution in [2.45, 2.75) is 69.3 Å². The van der Waals surface area contributed by atoms with Gasteiger partial charge in [-0.3, -0.25) is 14.8 Å². The van der Waals surface area contributed by atoms with Gasteiger partial charge in [0.05, 0.1) is 26.7 Å². The number of para-hydroxylation sites is 1. The first-order chi connectivity index (χ1) is 27.6. The number of piperazine rings is 1. The Kier molecular flexibility index (Phi) is 9.88. The topological polar surface area (TPSA) is 170 Å². The van der Waals surface area contributed by atoms with Gasteiger partial charge in [-0.05, 0) is 56.5 Å². The fraction of sp³-hybridized carbons (Fsp3) is 0.341. The number of aryl methyl sites for hydroxylation is 3. The van der Waals surface area contributed by atoms with E-state index in [0.29, 0.717) is 47.6 Å². The summed E-state index contributed by atoms with van der Waals surface area (Å²) in [6.07, 6.45) is 2.23. The molecule has 58 heavy (non-hydrogen) atoms. The van der Waals surface area contributed by atoms with Gasteiger partial charge in [-0.1, -0.05) is 55.8 Å². The average Bonchev–Trinajstić information content (AvgIpc) is 3.77. The summed E-state index contributed by atoms with van der Waals surface area (Å²) in [5.41, 5.74) is 5.17. The number of hydrogen-bond acceptors (Lipinski definition) is 11. The van der Waals surface area contributed by atoms with Crippen LogP contribution in [0.25, 0.3) is 22.3 Å². The van der Waals surface area contributed by atoms with Crippen molar-refractivity contribution in [2.75, 3.05) is 36.0 Å². The van der Waals surface area contributed by atoms with Gasteiger partial charge >= 0.3 is 0 Å². The van der Waals surface area contributed by atoms with E-state index >= 15 is 0 Å². The minimum absolute atomic E-state index is 0.0707. The van der Waals surface area contributed by atoms with Crippen LogP contribution in [-0.2, 0) is 40.1 Å². The first-order valence-electron chi connectivity index (χ1n) is 19.2. The second-order valence-electron chi connectivity index (χ2n) is 15.4. The molecule has 0 aliphatic carbocycles. The maximum Gasteiger partial charge on any atom is 0.289 e. The largest absolute Gasteiger partial charge is 0.353 e. The fourth-order valence-corrected chi connectivity index (χ4v) is 11.3. The lowest BCUT2D eigenvalue weighted by Crippen LogP contribution is -2.54. The quantitative estimate of drug-likeness (QED) is 0.121. The molecule has 3 aromatic heterocycles. The van der Waals surface area contributed by atoms with Crippen LogP contribution in [-0.4, -0.2) is 82.0 Å². The van der Waals surface area contributed by atoms with E-state index in [2.05, 4.69) is 29.7 Å². The van der Waals surface area contributed by atoms with E-state index in [9.17, 15) is 26.9 Å². The van der Waals surface area contributed by atoms with Crippen LogP contribution in [0.3, 0.4) is 0 Å². The Hall–Kier alpha value is -5.65. The molecule has 6 aromatic rings. The maximum absolute atomic E-state index is 14.0. The van der Waals surface area contributed by atoms with Crippen molar-refractivity contribution in [3.8, 4) is 11.4 Å². The molecule has 2 aliphatic rings. The van der Waals surface area contributed by atoms with Crippen LogP contribution in [0.1, 0.15) is 54.8 Å². The average molecular weight is 824 g/mol. The molecule has 1 fully saturated rings. The molecule has 0 saturated carbocycles. The Bertz CT molecular complexity index is 2820. The number of hydrogen-bond donors (Lipinski definition) is 0. The number of fused-ring (bicyclic) bond motifs is 2. The third-order valence-electron chi connectivity index (χ3n) is 11.1. The molecule has 1 saturated heterocycles. The Balaban J connectivity index is 1.22. The van der Waals surface area contributed by atoms with Crippen molar-refractivity contribution in [3.05, 3.63) is 117 Å². The maximum atomic E-state index is 14.0. The summed E-state index contributed by atoms with van der Waals surface area (Å²) in [5.74, 6) is 2.31. The summed E-state index contributed by atoms with van der Waals surface area (Å²) in [6.45, 7) is 11.6. The number of nitro groups is 1. The molecule has 0 N–H and O–H groups in total. The summed E-state index contributed by atoms with van der Waals surface area (Å²) in [7, 11) is -6.21. The SMILES string of the molecule is Cc1ccc(S(=O)(=O)n2cc(C)c3c(-c4nc5c(c(N6CCN(S(=O)(=O)c7ccccc7[N+](=O)[O-])[C@H](C)C6)n4)CN(c4cc(C(C)C)nn4C)CC5)cccc32)cc1. The number of nitrogens with zero attached hydrogens (tertiary/aromatic N) is 9. The smallest absolute Gasteiger partial charge is 0.289 e. The zero-order chi connectivity index (χ0) is 41.3. The third-order valence-corrected chi connectivity index (χ3v) is 14.9. The molecule has 2 aliphatic heterocycles. The van der Waals surface area contributed by atoms with Crippen molar-refractivity contribution in [3.63, 3.8) is 0 Å². The van der Waals surface area contributed by atoms with Crippen LogP contribution in [0.2, 0.25) is 0 Å². The van der Waals surface area contributed by atoms with E-state index in [1.54, 1.807) is 43.5 Å². The first-order valence-corrected chi connectivity index (χ1v) is 22.1. The van der Waals surface area contributed by atoms with Gasteiger partial charge in [-0.2, -0.15) is 9.40 Å². The van der Waals surface area contributed by atoms with Crippen LogP contribution >= 0.6 is 0 Å². The van der Waals surface area contributed by atoms with Crippen LogP contribution in [0.5, 0.6) is 0 Å². The van der Waals surface area contributed by atoms with Crippen LogP contribution in [0.4, 0.5) is 17.3 Å². The van der Waals surface area contributed by atoms with Crippen molar-refractivity contribution in [1.29, 1.82) is 0 Å². The summed E-state index contributed by atoms with van der Waals surface area (Å²) in [6, 6.07) is 19.2. The number of rotatable bonds is 9. The monoisotopic (exact) mass is 823 g/mol. The molecular weight excluding hydrogens is 779 g/mol. The molecule has 0 spiro atoms. The molecule has 0 amide bonds. The zero-order valence-electron chi connectivity index (χ0n) is 33.2. The van der Waals surface area contributed by atoms with Gasteiger partial charge in [-0.15, -0.1) is 0 Å². The van der Waals surface area contributed by atoms with E-state index < -0.39 is 36.7 Å². The van der Waals surface area contributed by atoms with E-state index in [-0.39, 0.29) is 35.3 Å². The number of nitro benzene ring substituents is 1. The van der Waals surface area contributed by atoms with Crippen LogP contribution in [0.15, 0.2) is 88.8 Å². The highest BCUT2D eigenvalue weighted by Gasteiger charge is 2.39. The fourth-order valence-electron chi connectivity index (χ4n) is 8.13. The van der Waals surface area contributed by atoms with Crippen LogP contribution < -0.4 is 9.80 Å². The van der Waals surface area contributed by atoms with E-state index in [4.69, 9.17) is 15.1 Å². The van der Waals surface area contributed by atoms with Gasteiger partial charge < -0.3 is 9.80 Å². The van der Waals surface area contributed by atoms with E-state index in [0.717, 1.165) is 33.9 Å². The highest BCUT2D eigenvalue weighted by atomic mass is 32.2. The van der Waals surface area contributed by atoms with Gasteiger partial charge in [0, 0.05) is 87.1 Å². The normalized spacial score (nSPS) is 16.6. The molecule has 0 radical (unpaired) electrons. The Morgan fingerprint density at radius 1 is 0.879 bits per heavy atom. The molecule has 1 atom stereocenters. The second kappa shape index (κ2) is 14.6. The summed E-state index contributed by atoms with van der Waals surface area (Å²) < 4.78 is 60.5. The van der Waals surface area contributed by atoms with Crippen LogP contribution in [0, 0.1) is 24.0 Å². The zero-order valence-corrected chi connectivity index (χ0v) is 34.8. The Morgan fingerprint density at radius 2 is 1.62 bits per heavy atom. The number of aromatic nitrogens is 5. The van der Waals surface area contributed by atoms with Gasteiger partial charge in [0.1, 0.15) is 11.6 Å². The number of sulfonamides is 1. The summed E-state index contributed by atoms with van der Waals surface area (Å²) in [4.78, 5) is 25.8. The molecule has 0 unspecified atom stereocenters. The van der Waals surface area contributed by atoms with Crippen molar-refractivity contribution in [2.24, 2.45) is 7.05 Å². The second-order valence-corrected chi connectivity index (χ2v) is 19.1. The van der Waals surface area contributed by atoms with Gasteiger partial charge in [0.15, 0.2) is 10.7 Å². The van der Waals surface area contributed by atoms with Crippen molar-refractivity contribution < 1.29 is 21.8 Å². The highest BCUT2D eigenvalue weighted by molar-refractivity contribution is 7.90. The lowest BCUT2D eigenvalue weighted by molar-refractivity contribution is -0.387. The summed E-state index contributed by atoms with van der Waals surface area (Å²) >= 11 is 0. The molecule has 17 heteroatoms. The number of benzene rings is 3. The predicted octanol–water partition coefficient (Wildman–Crippen LogP) is 6.18. The molecular formula is C41H45N9O6S2. The van der Waals surface area contributed by atoms with E-state index in [1.807, 2.05) is 37.7 Å². The van der Waals surface area contributed by atoms with E-state index in [1.165, 1.54) is 32.5 Å². The Labute approximate surface area is 337 Å². The molecule has 15 nitrogen and oxygen atoms in total. The lowest BCUT2D eigenvalue weighted by atomic mass is 10.0. The number of anilines is 2. The minimum atomic E-state index is -4.21. The predicted molar refractivity (Wildman–Crippen MR) is 222 cm³/mol. The third kappa shape index (κ3) is 6.69. The van der Waals surface area contributed by atoms with Crippen molar-refractivity contribution in [1.82, 2.24) is 28.0 Å².